The van der Waals surface area contributed by atoms with Crippen LogP contribution in [0.5, 0.6) is 0 Å². The van der Waals surface area contributed by atoms with Gasteiger partial charge in [0.2, 0.25) is 59.1 Å². The molecule has 0 aliphatic carbocycles. The van der Waals surface area contributed by atoms with Crippen molar-refractivity contribution in [3.05, 3.63) is 0 Å². The van der Waals surface area contributed by atoms with Gasteiger partial charge in [-0.05, 0) is 88.5 Å². The minimum atomic E-state index is -1.70. The molecule has 0 rings (SSSR count). The number of carbonyl (C=O) groups is 11. The van der Waals surface area contributed by atoms with Gasteiger partial charge in [-0.2, -0.15) is 12.6 Å². The molecule has 0 aliphatic heterocycles. The number of primary amides is 1. The summed E-state index contributed by atoms with van der Waals surface area (Å²) < 4.78 is 0. The van der Waals surface area contributed by atoms with Gasteiger partial charge in [0, 0.05) is 18.7 Å². The third-order valence-electron chi connectivity index (χ3n) is 11.7. The summed E-state index contributed by atoms with van der Waals surface area (Å²) in [5, 5.41) is 42.6. The lowest BCUT2D eigenvalue weighted by Crippen LogP contribution is -2.61. The standard InChI is InChI=1S/C48H89N15O13S/c1-23(2)19-32(59-39(67)28(50)22-77)42(70)57-30(15-16-35(51)65)41(69)62-36(25(5)6)45(73)55-27(9)38(66)56-29(14-12-18-54-48(52)53)40(68)61-34(21-64)44(72)60-33(20-24(3)4)43(71)63-37(26(7)8)46(74)58-31(47(75)76)13-10-11-17-49/h23-34,36-37,64,77H,10-22,49-50H2,1-9H3,(H2,51,65)(H,55,73)(H,56,66)(H,57,70)(H,58,74)(H,59,67)(H,60,72)(H,61,68)(H,62,69)(H,63,71)(H,75,76)(H4,52,53,54). The van der Waals surface area contributed by atoms with E-state index in [1.807, 2.05) is 0 Å². The van der Waals surface area contributed by atoms with Crippen molar-refractivity contribution in [1.29, 1.82) is 0 Å². The van der Waals surface area contributed by atoms with E-state index in [9.17, 15) is 63.0 Å². The van der Waals surface area contributed by atoms with E-state index in [0.29, 0.717) is 19.4 Å². The second-order valence-electron chi connectivity index (χ2n) is 20.4. The number of nitrogens with zero attached hydrogens (tertiary/aromatic N) is 1. The Hall–Kier alpha value is -6.33. The first-order chi connectivity index (χ1) is 35.9. The number of hydrogen-bond acceptors (Lipinski definition) is 16. The Morgan fingerprint density at radius 1 is 0.494 bits per heavy atom. The number of nitrogens with two attached hydrogens (primary N) is 5. The maximum Gasteiger partial charge on any atom is 0.326 e. The predicted octanol–water partition coefficient (Wildman–Crippen LogP) is -4.44. The van der Waals surface area contributed by atoms with Gasteiger partial charge in [0.15, 0.2) is 5.96 Å². The van der Waals surface area contributed by atoms with E-state index in [4.69, 9.17) is 28.7 Å². The zero-order chi connectivity index (χ0) is 59.3. The molecule has 28 nitrogen and oxygen atoms in total. The maximum atomic E-state index is 13.9. The van der Waals surface area contributed by atoms with Gasteiger partial charge in [-0.15, -0.1) is 0 Å². The molecule has 0 fully saturated rings. The lowest BCUT2D eigenvalue weighted by Gasteiger charge is -2.29. The molecule has 10 unspecified atom stereocenters. The summed E-state index contributed by atoms with van der Waals surface area (Å²) in [5.74, 6) is -11.5. The molecule has 0 bridgehead atoms. The van der Waals surface area contributed by atoms with Crippen LogP contribution in [0.4, 0.5) is 0 Å². The summed E-state index contributed by atoms with van der Waals surface area (Å²) in [4.78, 5) is 150. The molecular weight excluding hydrogens is 1030 g/mol. The van der Waals surface area contributed by atoms with Crippen LogP contribution in [0.25, 0.3) is 0 Å². The molecule has 0 aromatic carbocycles. The average Bonchev–Trinajstić information content (AvgIpc) is 3.33. The molecule has 29 heteroatoms. The summed E-state index contributed by atoms with van der Waals surface area (Å²) in [7, 11) is 0. The molecule has 0 saturated carbocycles. The van der Waals surface area contributed by atoms with E-state index in [2.05, 4.69) is 65.5 Å². The van der Waals surface area contributed by atoms with Crippen LogP contribution in [-0.2, 0) is 52.7 Å². The van der Waals surface area contributed by atoms with E-state index in [0.717, 1.165) is 0 Å². The van der Waals surface area contributed by atoms with Crippen LogP contribution >= 0.6 is 12.6 Å². The Balaban J connectivity index is 6.44. The van der Waals surface area contributed by atoms with E-state index in [1.165, 1.54) is 6.92 Å². The maximum absolute atomic E-state index is 13.9. The first kappa shape index (κ1) is 70.7. The molecule has 0 saturated heterocycles. The van der Waals surface area contributed by atoms with Crippen LogP contribution in [0, 0.1) is 23.7 Å². The van der Waals surface area contributed by atoms with Gasteiger partial charge >= 0.3 is 5.97 Å². The molecule has 21 N–H and O–H groups in total. The molecule has 0 aliphatic rings. The van der Waals surface area contributed by atoms with Crippen molar-refractivity contribution in [2.24, 2.45) is 57.3 Å². The Kier molecular flexibility index (Phi) is 33.6. The summed E-state index contributed by atoms with van der Waals surface area (Å²) in [6.45, 7) is 14.2. The highest BCUT2D eigenvalue weighted by atomic mass is 32.1. The second kappa shape index (κ2) is 36.7. The number of nitrogens with one attached hydrogen (secondary N) is 9. The van der Waals surface area contributed by atoms with Crippen molar-refractivity contribution >= 4 is 83.6 Å². The van der Waals surface area contributed by atoms with Gasteiger partial charge in [-0.3, -0.25) is 52.9 Å². The quantitative estimate of drug-likeness (QED) is 0.0120. The SMILES string of the molecule is CC(C)CC(NC(=O)C(N)CS)C(=O)NC(CCC(N)=O)C(=O)NC(C(=O)NC(C)C(=O)NC(CCCN=C(N)N)C(=O)NC(CO)C(=O)NC(CC(C)C)C(=O)NC(C(=O)NC(CCCCN)C(=O)O)C(C)C)C(C)C. The van der Waals surface area contributed by atoms with E-state index >= 15 is 0 Å². The first-order valence-corrected chi connectivity index (χ1v) is 26.5. The molecule has 0 spiro atoms. The van der Waals surface area contributed by atoms with Crippen molar-refractivity contribution in [3.63, 3.8) is 0 Å². The monoisotopic (exact) mass is 1120 g/mol. The van der Waals surface area contributed by atoms with Crippen LogP contribution in [0.3, 0.4) is 0 Å². The molecule has 10 atom stereocenters. The minimum Gasteiger partial charge on any atom is -0.480 e. The number of aliphatic hydroxyl groups is 1. The lowest BCUT2D eigenvalue weighted by molar-refractivity contribution is -0.143. The summed E-state index contributed by atoms with van der Waals surface area (Å²) in [5.41, 5.74) is 27.6. The fourth-order valence-electron chi connectivity index (χ4n) is 7.36. The summed E-state index contributed by atoms with van der Waals surface area (Å²) in [6, 6.07) is -13.3. The van der Waals surface area contributed by atoms with Gasteiger partial charge in [0.25, 0.3) is 0 Å². The molecule has 10 amide bonds. The Bertz CT molecular complexity index is 2010. The van der Waals surface area contributed by atoms with E-state index < -0.39 is 144 Å². The lowest BCUT2D eigenvalue weighted by atomic mass is 9.99. The van der Waals surface area contributed by atoms with Crippen LogP contribution < -0.4 is 76.5 Å². The highest BCUT2D eigenvalue weighted by Crippen LogP contribution is 2.12. The van der Waals surface area contributed by atoms with Gasteiger partial charge in [-0.25, -0.2) is 4.79 Å². The van der Waals surface area contributed by atoms with Gasteiger partial charge in [0.1, 0.15) is 54.4 Å². The molecule has 0 aromatic heterocycles. The number of unbranched alkanes of at least 4 members (excludes halogenated alkanes) is 1. The van der Waals surface area contributed by atoms with Gasteiger partial charge in [-0.1, -0.05) is 55.4 Å². The summed E-state index contributed by atoms with van der Waals surface area (Å²) >= 11 is 4.02. The Labute approximate surface area is 456 Å². The molecule has 0 aromatic rings. The van der Waals surface area contributed by atoms with Crippen molar-refractivity contribution in [1.82, 2.24) is 47.9 Å². The van der Waals surface area contributed by atoms with Crippen molar-refractivity contribution < 1.29 is 63.0 Å². The van der Waals surface area contributed by atoms with Crippen molar-refractivity contribution in [2.45, 2.75) is 181 Å². The summed E-state index contributed by atoms with van der Waals surface area (Å²) in [6.07, 6.45) is 0.543. The number of guanidine groups is 1. The molecule has 0 radical (unpaired) electrons. The van der Waals surface area contributed by atoms with Gasteiger partial charge in [0.05, 0.1) is 12.6 Å². The fraction of sp³-hybridized carbons (Fsp3) is 0.750. The number of aliphatic hydroxyl groups excluding tert-OH is 1. The van der Waals surface area contributed by atoms with Crippen LogP contribution in [-0.4, -0.2) is 167 Å². The largest absolute Gasteiger partial charge is 0.480 e. The second-order valence-corrected chi connectivity index (χ2v) is 20.7. The number of hydrogen-bond donors (Lipinski definition) is 17. The number of carboxylic acids is 1. The average molecular weight is 1120 g/mol. The number of aliphatic carboxylic acids is 1. The third kappa shape index (κ3) is 28.0. The van der Waals surface area contributed by atoms with E-state index in [1.54, 1.807) is 55.4 Å². The number of thiol groups is 1. The molecule has 77 heavy (non-hydrogen) atoms. The Morgan fingerprint density at radius 2 is 0.896 bits per heavy atom. The fourth-order valence-corrected chi connectivity index (χ4v) is 7.53. The number of aliphatic imine (C=N–C) groups is 1. The zero-order valence-electron chi connectivity index (χ0n) is 45.9. The van der Waals surface area contributed by atoms with Crippen LogP contribution in [0.2, 0.25) is 0 Å². The number of rotatable bonds is 38. The number of amides is 10. The Morgan fingerprint density at radius 3 is 1.35 bits per heavy atom. The van der Waals surface area contributed by atoms with E-state index in [-0.39, 0.29) is 75.0 Å². The predicted molar refractivity (Wildman–Crippen MR) is 289 cm³/mol. The topological polar surface area (TPSA) is 479 Å². The molecule has 440 valence electrons. The van der Waals surface area contributed by atoms with Crippen molar-refractivity contribution in [3.8, 4) is 0 Å². The highest BCUT2D eigenvalue weighted by Gasteiger charge is 2.36. The third-order valence-corrected chi connectivity index (χ3v) is 12.1. The molecule has 0 heterocycles. The smallest absolute Gasteiger partial charge is 0.326 e. The first-order valence-electron chi connectivity index (χ1n) is 25.9. The molecular formula is C48H89N15O13S. The minimum absolute atomic E-state index is 0.00126. The van der Waals surface area contributed by atoms with Crippen LogP contribution in [0.15, 0.2) is 4.99 Å². The van der Waals surface area contributed by atoms with Crippen LogP contribution in [0.1, 0.15) is 120 Å². The van der Waals surface area contributed by atoms with Gasteiger partial charge < -0.3 is 86.7 Å². The van der Waals surface area contributed by atoms with Crippen molar-refractivity contribution in [2.75, 3.05) is 25.4 Å². The zero-order valence-corrected chi connectivity index (χ0v) is 46.8. The normalized spacial score (nSPS) is 15.2. The number of carbonyl (C=O) groups excluding carboxylic acids is 10. The highest BCUT2D eigenvalue weighted by molar-refractivity contribution is 7.80. The number of carboxylic acid groups (broad SMARTS) is 1.